The smallest absolute Gasteiger partial charge is 0.207 e. The maximum atomic E-state index is 13.6. The molecule has 0 aliphatic rings. The Morgan fingerprint density at radius 3 is 2.71 bits per heavy atom. The summed E-state index contributed by atoms with van der Waals surface area (Å²) in [6, 6.07) is 3.64. The van der Waals surface area contributed by atoms with Crippen molar-refractivity contribution in [2.24, 2.45) is 0 Å². The van der Waals surface area contributed by atoms with E-state index in [4.69, 9.17) is 0 Å². The molecule has 2 rings (SSSR count). The Kier molecular flexibility index (Phi) is 3.08. The third-order valence-electron chi connectivity index (χ3n) is 2.23. The molecule has 2 aromatic rings. The van der Waals surface area contributed by atoms with Crippen LogP contribution in [0.2, 0.25) is 0 Å². The monoisotopic (exact) mass is 237 g/mol. The number of anilines is 1. The average Bonchev–Trinajstić information content (AvgIpc) is 2.65. The minimum absolute atomic E-state index is 0.180. The van der Waals surface area contributed by atoms with Crippen molar-refractivity contribution in [3.05, 3.63) is 42.2 Å². The van der Waals surface area contributed by atoms with E-state index in [0.29, 0.717) is 5.95 Å². The highest BCUT2D eigenvalue weighted by atomic mass is 19.1. The molecular weight excluding hydrogens is 224 g/mol. The van der Waals surface area contributed by atoms with Gasteiger partial charge in [0.05, 0.1) is 5.69 Å². The van der Waals surface area contributed by atoms with Gasteiger partial charge in [0, 0.05) is 24.5 Å². The topological polar surface area (TPSA) is 29.9 Å². The number of hydrogen-bond donors (Lipinski definition) is 1. The molecule has 0 radical (unpaired) electrons. The Hall–Kier alpha value is -1.91. The number of halogens is 2. The van der Waals surface area contributed by atoms with E-state index in [1.165, 1.54) is 12.1 Å². The molecule has 3 nitrogen and oxygen atoms in total. The van der Waals surface area contributed by atoms with Crippen LogP contribution in [0.3, 0.4) is 0 Å². The predicted molar refractivity (Wildman–Crippen MR) is 62.2 cm³/mol. The number of hydrogen-bond acceptors (Lipinski definition) is 2. The average molecular weight is 237 g/mol. The summed E-state index contributed by atoms with van der Waals surface area (Å²) < 4.78 is 28.0. The van der Waals surface area contributed by atoms with Gasteiger partial charge in [0.25, 0.3) is 0 Å². The minimum atomic E-state index is -0.616. The van der Waals surface area contributed by atoms with Crippen LogP contribution in [0.25, 0.3) is 5.69 Å². The number of rotatable bonds is 3. The van der Waals surface area contributed by atoms with E-state index in [1.807, 2.05) is 13.8 Å². The van der Waals surface area contributed by atoms with Crippen molar-refractivity contribution in [3.8, 4) is 5.69 Å². The van der Waals surface area contributed by atoms with E-state index in [0.717, 1.165) is 6.07 Å². The normalized spacial score (nSPS) is 10.9. The number of nitrogens with one attached hydrogen (secondary N) is 1. The van der Waals surface area contributed by atoms with Gasteiger partial charge in [0.2, 0.25) is 5.95 Å². The van der Waals surface area contributed by atoms with Gasteiger partial charge < -0.3 is 5.32 Å². The molecule has 90 valence electrons. The summed E-state index contributed by atoms with van der Waals surface area (Å²) in [4.78, 5) is 4.09. The Balaban J connectivity index is 2.42. The molecule has 0 saturated carbocycles. The quantitative estimate of drug-likeness (QED) is 0.889. The van der Waals surface area contributed by atoms with Gasteiger partial charge in [-0.05, 0) is 26.0 Å². The highest BCUT2D eigenvalue weighted by molar-refractivity contribution is 5.43. The molecule has 1 N–H and O–H groups in total. The molecule has 0 fully saturated rings. The van der Waals surface area contributed by atoms with Gasteiger partial charge in [0.15, 0.2) is 0 Å². The summed E-state index contributed by atoms with van der Waals surface area (Å²) in [6.07, 6.45) is 3.19. The summed E-state index contributed by atoms with van der Waals surface area (Å²) in [7, 11) is 0. The van der Waals surface area contributed by atoms with Crippen LogP contribution in [0.4, 0.5) is 14.7 Å². The second kappa shape index (κ2) is 4.53. The van der Waals surface area contributed by atoms with E-state index in [9.17, 15) is 8.78 Å². The summed E-state index contributed by atoms with van der Waals surface area (Å²) >= 11 is 0. The van der Waals surface area contributed by atoms with Crippen LogP contribution in [0.5, 0.6) is 0 Å². The maximum Gasteiger partial charge on any atom is 0.207 e. The Bertz CT molecular complexity index is 520. The largest absolute Gasteiger partial charge is 0.353 e. The van der Waals surface area contributed by atoms with Crippen LogP contribution in [-0.2, 0) is 0 Å². The molecule has 5 heteroatoms. The Morgan fingerprint density at radius 2 is 2.06 bits per heavy atom. The highest BCUT2D eigenvalue weighted by Crippen LogP contribution is 2.19. The molecule has 1 aromatic heterocycles. The van der Waals surface area contributed by atoms with Crippen LogP contribution < -0.4 is 5.32 Å². The predicted octanol–water partition coefficient (Wildman–Crippen LogP) is 2.97. The fraction of sp³-hybridized carbons (Fsp3) is 0.250. The molecule has 0 amide bonds. The van der Waals surface area contributed by atoms with Crippen LogP contribution in [-0.4, -0.2) is 15.6 Å². The van der Waals surface area contributed by atoms with E-state index < -0.39 is 11.6 Å². The standard InChI is InChI=1S/C12H13F2N3/c1-8(2)16-12-15-5-6-17(12)11-4-3-9(13)7-10(11)14/h3-8H,1-2H3,(H,15,16). The molecule has 0 unspecified atom stereocenters. The van der Waals surface area contributed by atoms with E-state index >= 15 is 0 Å². The summed E-state index contributed by atoms with van der Waals surface area (Å²) in [5, 5.41) is 3.09. The molecule has 0 bridgehead atoms. The SMILES string of the molecule is CC(C)Nc1nccn1-c1ccc(F)cc1F. The fourth-order valence-corrected chi connectivity index (χ4v) is 1.54. The lowest BCUT2D eigenvalue weighted by atomic mass is 10.3. The summed E-state index contributed by atoms with van der Waals surface area (Å²) in [5.41, 5.74) is 0.270. The van der Waals surface area contributed by atoms with Gasteiger partial charge in [-0.25, -0.2) is 13.8 Å². The lowest BCUT2D eigenvalue weighted by molar-refractivity contribution is 0.578. The summed E-state index contributed by atoms with van der Waals surface area (Å²) in [5.74, 6) is -0.676. The van der Waals surface area contributed by atoms with Crippen molar-refractivity contribution < 1.29 is 8.78 Å². The molecule has 0 saturated heterocycles. The van der Waals surface area contributed by atoms with Crippen molar-refractivity contribution in [1.82, 2.24) is 9.55 Å². The van der Waals surface area contributed by atoms with Crippen molar-refractivity contribution in [1.29, 1.82) is 0 Å². The van der Waals surface area contributed by atoms with Crippen LogP contribution in [0.1, 0.15) is 13.8 Å². The first-order valence-corrected chi connectivity index (χ1v) is 5.33. The minimum Gasteiger partial charge on any atom is -0.353 e. The van der Waals surface area contributed by atoms with E-state index in [-0.39, 0.29) is 11.7 Å². The van der Waals surface area contributed by atoms with Gasteiger partial charge in [-0.3, -0.25) is 4.57 Å². The lowest BCUT2D eigenvalue weighted by Crippen LogP contribution is -2.14. The van der Waals surface area contributed by atoms with Crippen molar-refractivity contribution in [2.75, 3.05) is 5.32 Å². The molecule has 0 aliphatic carbocycles. The van der Waals surface area contributed by atoms with Gasteiger partial charge in [-0.1, -0.05) is 0 Å². The van der Waals surface area contributed by atoms with Crippen molar-refractivity contribution in [3.63, 3.8) is 0 Å². The molecule has 1 aromatic carbocycles. The molecule has 0 atom stereocenters. The fourth-order valence-electron chi connectivity index (χ4n) is 1.54. The van der Waals surface area contributed by atoms with Crippen LogP contribution >= 0.6 is 0 Å². The second-order valence-electron chi connectivity index (χ2n) is 4.02. The first kappa shape index (κ1) is 11.6. The number of aromatic nitrogens is 2. The molecule has 0 aliphatic heterocycles. The van der Waals surface area contributed by atoms with Crippen LogP contribution in [0.15, 0.2) is 30.6 Å². The number of nitrogens with zero attached hydrogens (tertiary/aromatic N) is 2. The number of benzene rings is 1. The zero-order valence-corrected chi connectivity index (χ0v) is 9.61. The zero-order valence-electron chi connectivity index (χ0n) is 9.61. The van der Waals surface area contributed by atoms with Gasteiger partial charge in [-0.15, -0.1) is 0 Å². The van der Waals surface area contributed by atoms with E-state index in [2.05, 4.69) is 10.3 Å². The third-order valence-corrected chi connectivity index (χ3v) is 2.23. The maximum absolute atomic E-state index is 13.6. The lowest BCUT2D eigenvalue weighted by Gasteiger charge is -2.12. The molecule has 17 heavy (non-hydrogen) atoms. The molecule has 0 spiro atoms. The zero-order chi connectivity index (χ0) is 12.4. The second-order valence-corrected chi connectivity index (χ2v) is 4.02. The van der Waals surface area contributed by atoms with Crippen molar-refractivity contribution in [2.45, 2.75) is 19.9 Å². The Morgan fingerprint density at radius 1 is 1.29 bits per heavy atom. The van der Waals surface area contributed by atoms with Crippen LogP contribution in [0, 0.1) is 11.6 Å². The Labute approximate surface area is 98.1 Å². The van der Waals surface area contributed by atoms with Crippen molar-refractivity contribution >= 4 is 5.95 Å². The first-order valence-electron chi connectivity index (χ1n) is 5.33. The molecule has 1 heterocycles. The van der Waals surface area contributed by atoms with E-state index in [1.54, 1.807) is 17.0 Å². The first-order chi connectivity index (χ1) is 8.08. The third kappa shape index (κ3) is 2.43. The summed E-state index contributed by atoms with van der Waals surface area (Å²) in [6.45, 7) is 3.92. The highest BCUT2D eigenvalue weighted by Gasteiger charge is 2.10. The van der Waals surface area contributed by atoms with Gasteiger partial charge in [0.1, 0.15) is 11.6 Å². The number of imidazole rings is 1. The van der Waals surface area contributed by atoms with Gasteiger partial charge in [-0.2, -0.15) is 0 Å². The van der Waals surface area contributed by atoms with Gasteiger partial charge >= 0.3 is 0 Å². The molecular formula is C12H13F2N3.